The maximum absolute atomic E-state index is 5.98. The van der Waals surface area contributed by atoms with Gasteiger partial charge < -0.3 is 14.4 Å². The number of aromatic nitrogens is 4. The molecule has 8 heteroatoms. The third-order valence-electron chi connectivity index (χ3n) is 5.38. The molecule has 0 aliphatic carbocycles. The molecule has 1 aromatic carbocycles. The van der Waals surface area contributed by atoms with Gasteiger partial charge in [0.05, 0.1) is 0 Å². The lowest BCUT2D eigenvalue weighted by Gasteiger charge is -2.29. The average Bonchev–Trinajstić information content (AvgIpc) is 3.00. The topological polar surface area (TPSA) is 44.5 Å². The molecule has 4 rings (SSSR count). The van der Waals surface area contributed by atoms with E-state index in [1.54, 1.807) is 17.3 Å². The van der Waals surface area contributed by atoms with Gasteiger partial charge in [0.25, 0.3) is 0 Å². The lowest BCUT2D eigenvalue weighted by atomic mass is 10.2. The molecule has 0 amide bonds. The molecule has 3 aromatic rings. The molecular formula is C20H25ClN6S+2. The molecule has 1 fully saturated rings. The third-order valence-corrected chi connectivity index (χ3v) is 6.12. The lowest BCUT2D eigenvalue weighted by Crippen LogP contribution is -3.27. The minimum atomic E-state index is 0.759. The van der Waals surface area contributed by atoms with Crippen molar-refractivity contribution in [1.29, 1.82) is 0 Å². The molecule has 28 heavy (non-hydrogen) atoms. The van der Waals surface area contributed by atoms with Crippen LogP contribution in [0.2, 0.25) is 5.02 Å². The highest BCUT2D eigenvalue weighted by Gasteiger charge is 2.24. The van der Waals surface area contributed by atoms with Crippen LogP contribution in [0, 0.1) is 4.77 Å². The summed E-state index contributed by atoms with van der Waals surface area (Å²) in [5.74, 6) is 0.888. The van der Waals surface area contributed by atoms with Crippen molar-refractivity contribution in [1.82, 2.24) is 19.3 Å². The molecule has 0 atom stereocenters. The summed E-state index contributed by atoms with van der Waals surface area (Å²) >= 11 is 11.6. The maximum Gasteiger partial charge on any atom is 0.202 e. The summed E-state index contributed by atoms with van der Waals surface area (Å²) in [6.45, 7) is 6.40. The second-order valence-electron chi connectivity index (χ2n) is 7.36. The van der Waals surface area contributed by atoms with E-state index >= 15 is 0 Å². The molecular weight excluding hydrogens is 392 g/mol. The van der Waals surface area contributed by atoms with E-state index < -0.39 is 0 Å². The van der Waals surface area contributed by atoms with Crippen molar-refractivity contribution in [3.05, 3.63) is 64.1 Å². The minimum Gasteiger partial charge on any atom is -0.322 e. The van der Waals surface area contributed by atoms with Crippen molar-refractivity contribution in [2.24, 2.45) is 7.05 Å². The first-order valence-electron chi connectivity index (χ1n) is 9.56. The smallest absolute Gasteiger partial charge is 0.202 e. The van der Waals surface area contributed by atoms with Gasteiger partial charge in [0.2, 0.25) is 4.77 Å². The van der Waals surface area contributed by atoms with Crippen LogP contribution in [0.3, 0.4) is 0 Å². The first-order valence-corrected chi connectivity index (χ1v) is 10.3. The third kappa shape index (κ3) is 4.33. The summed E-state index contributed by atoms with van der Waals surface area (Å²) < 4.78 is 4.70. The van der Waals surface area contributed by atoms with Crippen LogP contribution in [0.15, 0.2) is 48.8 Å². The normalized spacial score (nSPS) is 19.6. The number of nitrogens with zero attached hydrogens (tertiary/aromatic N) is 4. The number of quaternary nitrogens is 2. The van der Waals surface area contributed by atoms with Crippen LogP contribution in [0.4, 0.5) is 0 Å². The molecule has 2 aromatic heterocycles. The minimum absolute atomic E-state index is 0.759. The fraction of sp³-hybridized carbons (Fsp3) is 0.350. The van der Waals surface area contributed by atoms with Gasteiger partial charge in [-0.1, -0.05) is 23.7 Å². The summed E-state index contributed by atoms with van der Waals surface area (Å²) in [6.07, 6.45) is 3.57. The molecule has 2 N–H and O–H groups in total. The van der Waals surface area contributed by atoms with Gasteiger partial charge in [0.15, 0.2) is 12.5 Å². The molecule has 0 spiro atoms. The predicted octanol–water partition coefficient (Wildman–Crippen LogP) is 0.608. The molecule has 6 nitrogen and oxygen atoms in total. The number of piperazine rings is 1. The first-order chi connectivity index (χ1) is 13.6. The molecule has 0 unspecified atom stereocenters. The first kappa shape index (κ1) is 19.3. The fourth-order valence-electron chi connectivity index (χ4n) is 3.74. The van der Waals surface area contributed by atoms with Crippen molar-refractivity contribution in [2.75, 3.05) is 26.2 Å². The SMILES string of the molecule is Cn1c(-c2ccncc2)nn(C[NH+]2CC[NH+](Cc3ccc(Cl)cc3)CC2)c1=S. The van der Waals surface area contributed by atoms with Gasteiger partial charge in [-0.15, -0.1) is 5.10 Å². The Bertz CT molecular complexity index is 974. The van der Waals surface area contributed by atoms with E-state index in [0.717, 1.165) is 60.6 Å². The number of hydrogen-bond donors (Lipinski definition) is 2. The molecule has 1 aliphatic heterocycles. The van der Waals surface area contributed by atoms with Crippen LogP contribution in [0.5, 0.6) is 0 Å². The van der Waals surface area contributed by atoms with Gasteiger partial charge >= 0.3 is 0 Å². The fourth-order valence-corrected chi connectivity index (χ4v) is 4.06. The second-order valence-corrected chi connectivity index (χ2v) is 8.16. The van der Waals surface area contributed by atoms with Crippen LogP contribution in [-0.2, 0) is 20.3 Å². The predicted molar refractivity (Wildman–Crippen MR) is 112 cm³/mol. The Kier molecular flexibility index (Phi) is 5.87. The van der Waals surface area contributed by atoms with Crippen molar-refractivity contribution in [2.45, 2.75) is 13.2 Å². The van der Waals surface area contributed by atoms with Crippen LogP contribution in [0.1, 0.15) is 5.56 Å². The van der Waals surface area contributed by atoms with E-state index in [4.69, 9.17) is 28.9 Å². The van der Waals surface area contributed by atoms with Gasteiger partial charge in [0.1, 0.15) is 32.7 Å². The summed E-state index contributed by atoms with van der Waals surface area (Å²) in [4.78, 5) is 7.22. The summed E-state index contributed by atoms with van der Waals surface area (Å²) in [5, 5.41) is 5.57. The zero-order valence-electron chi connectivity index (χ0n) is 15.9. The van der Waals surface area contributed by atoms with Crippen LogP contribution < -0.4 is 9.80 Å². The van der Waals surface area contributed by atoms with Crippen LogP contribution in [0.25, 0.3) is 11.4 Å². The van der Waals surface area contributed by atoms with Crippen molar-refractivity contribution in [3.8, 4) is 11.4 Å². The Morgan fingerprint density at radius 2 is 1.64 bits per heavy atom. The molecule has 146 valence electrons. The van der Waals surface area contributed by atoms with Gasteiger partial charge in [-0.3, -0.25) is 4.98 Å². The van der Waals surface area contributed by atoms with Crippen molar-refractivity contribution < 1.29 is 9.80 Å². The van der Waals surface area contributed by atoms with Gasteiger partial charge in [0, 0.05) is 35.6 Å². The Labute approximate surface area is 175 Å². The molecule has 1 saturated heterocycles. The van der Waals surface area contributed by atoms with Crippen LogP contribution in [-0.4, -0.2) is 45.5 Å². The van der Waals surface area contributed by atoms with Crippen molar-refractivity contribution >= 4 is 23.8 Å². The van der Waals surface area contributed by atoms with Crippen LogP contribution >= 0.6 is 23.8 Å². The lowest BCUT2D eigenvalue weighted by molar-refractivity contribution is -1.03. The zero-order valence-corrected chi connectivity index (χ0v) is 17.5. The van der Waals surface area contributed by atoms with Gasteiger partial charge in [-0.2, -0.15) is 4.68 Å². The van der Waals surface area contributed by atoms with E-state index in [-0.39, 0.29) is 0 Å². The van der Waals surface area contributed by atoms with Gasteiger partial charge in [-0.25, -0.2) is 0 Å². The monoisotopic (exact) mass is 416 g/mol. The molecule has 0 radical (unpaired) electrons. The number of benzene rings is 1. The highest BCUT2D eigenvalue weighted by molar-refractivity contribution is 7.71. The zero-order chi connectivity index (χ0) is 19.5. The number of nitrogens with one attached hydrogen (secondary N) is 2. The number of pyridine rings is 1. The second kappa shape index (κ2) is 8.53. The maximum atomic E-state index is 5.98. The van der Waals surface area contributed by atoms with Gasteiger partial charge in [-0.05, 0) is 36.5 Å². The highest BCUT2D eigenvalue weighted by atomic mass is 35.5. The summed E-state index contributed by atoms with van der Waals surface area (Å²) in [6, 6.07) is 12.1. The Morgan fingerprint density at radius 1 is 1.00 bits per heavy atom. The highest BCUT2D eigenvalue weighted by Crippen LogP contribution is 2.15. The largest absolute Gasteiger partial charge is 0.322 e. The molecule has 3 heterocycles. The van der Waals surface area contributed by atoms with E-state index in [9.17, 15) is 0 Å². The number of halogens is 1. The van der Waals surface area contributed by atoms with E-state index in [1.165, 1.54) is 10.5 Å². The van der Waals surface area contributed by atoms with E-state index in [1.807, 2.05) is 40.6 Å². The van der Waals surface area contributed by atoms with Crippen molar-refractivity contribution in [3.63, 3.8) is 0 Å². The Balaban J connectivity index is 1.37. The van der Waals surface area contributed by atoms with E-state index in [0.29, 0.717) is 0 Å². The Morgan fingerprint density at radius 3 is 2.32 bits per heavy atom. The Hall–Kier alpha value is -2.06. The molecule has 0 bridgehead atoms. The summed E-state index contributed by atoms with van der Waals surface area (Å²) in [7, 11) is 1.98. The summed E-state index contributed by atoms with van der Waals surface area (Å²) in [5.41, 5.74) is 2.38. The number of rotatable bonds is 5. The molecule has 1 aliphatic rings. The average molecular weight is 417 g/mol. The number of hydrogen-bond acceptors (Lipinski definition) is 3. The molecule has 0 saturated carbocycles. The van der Waals surface area contributed by atoms with E-state index in [2.05, 4.69) is 17.1 Å². The quantitative estimate of drug-likeness (QED) is 0.599. The standard InChI is InChI=1S/C20H23ClN6S/c1-24-19(17-6-8-22-9-7-17)23-27(20(24)28)15-26-12-10-25(11-13-26)14-16-2-4-18(21)5-3-16/h2-9H,10-15H2,1H3/p+2.